The minimum Gasteiger partial charge on any atom is -0.324 e. The molecule has 1 aromatic heterocycles. The molecule has 3 rings (SSSR count). The smallest absolute Gasteiger partial charge is 0.324 e. The van der Waals surface area contributed by atoms with E-state index in [0.29, 0.717) is 5.52 Å². The molecule has 106 valence electrons. The van der Waals surface area contributed by atoms with Crippen molar-refractivity contribution in [3.63, 3.8) is 0 Å². The standard InChI is InChI=1S/C13H10BrF3N2O/c14-7-1-4-10-9(5-7)18-12(19(10)8-2-3-8)6-11(20)13(15,16)17/h1,4-5,8H,2-3,6H2. The van der Waals surface area contributed by atoms with Crippen molar-refractivity contribution < 1.29 is 18.0 Å². The van der Waals surface area contributed by atoms with Gasteiger partial charge in [-0.15, -0.1) is 0 Å². The number of aromatic nitrogens is 2. The molecule has 20 heavy (non-hydrogen) atoms. The normalized spacial score (nSPS) is 15.8. The number of carbonyl (C=O) groups is 1. The Labute approximate surface area is 120 Å². The molecule has 0 spiro atoms. The third-order valence-electron chi connectivity index (χ3n) is 3.27. The summed E-state index contributed by atoms with van der Waals surface area (Å²) in [6.07, 6.45) is -3.69. The first-order valence-electron chi connectivity index (χ1n) is 6.12. The molecular weight excluding hydrogens is 337 g/mol. The lowest BCUT2D eigenvalue weighted by Gasteiger charge is -2.08. The number of fused-ring (bicyclic) bond motifs is 1. The van der Waals surface area contributed by atoms with Crippen LogP contribution in [-0.2, 0) is 11.2 Å². The van der Waals surface area contributed by atoms with E-state index in [0.717, 1.165) is 22.8 Å². The number of nitrogens with zero attached hydrogens (tertiary/aromatic N) is 2. The van der Waals surface area contributed by atoms with Crippen molar-refractivity contribution in [1.82, 2.24) is 9.55 Å². The fourth-order valence-electron chi connectivity index (χ4n) is 2.23. The highest BCUT2D eigenvalue weighted by molar-refractivity contribution is 9.10. The summed E-state index contributed by atoms with van der Waals surface area (Å²) in [5.74, 6) is -1.56. The number of Topliss-reactive ketones (excluding diaryl/α,β-unsaturated/α-hetero) is 1. The zero-order valence-corrected chi connectivity index (χ0v) is 11.8. The van der Waals surface area contributed by atoms with E-state index >= 15 is 0 Å². The average Bonchev–Trinajstić information content (AvgIpc) is 3.10. The van der Waals surface area contributed by atoms with Gasteiger partial charge < -0.3 is 4.57 Å². The molecule has 0 saturated heterocycles. The molecule has 2 aromatic rings. The molecule has 0 unspecified atom stereocenters. The molecule has 3 nitrogen and oxygen atoms in total. The summed E-state index contributed by atoms with van der Waals surface area (Å²) in [7, 11) is 0. The third kappa shape index (κ3) is 2.46. The number of ketones is 1. The fourth-order valence-corrected chi connectivity index (χ4v) is 2.58. The SMILES string of the molecule is O=C(Cc1nc2cc(Br)ccc2n1C1CC1)C(F)(F)F. The maximum absolute atomic E-state index is 12.4. The topological polar surface area (TPSA) is 34.9 Å². The minimum atomic E-state index is -4.81. The highest BCUT2D eigenvalue weighted by Crippen LogP contribution is 2.39. The molecule has 0 N–H and O–H groups in total. The molecule has 0 aliphatic heterocycles. The van der Waals surface area contributed by atoms with Gasteiger partial charge in [-0.25, -0.2) is 4.98 Å². The first-order chi connectivity index (χ1) is 9.36. The predicted molar refractivity (Wildman–Crippen MR) is 70.5 cm³/mol. The van der Waals surface area contributed by atoms with Gasteiger partial charge in [0.2, 0.25) is 5.78 Å². The lowest BCUT2D eigenvalue weighted by Crippen LogP contribution is -2.26. The number of halogens is 4. The van der Waals surface area contributed by atoms with E-state index in [1.165, 1.54) is 0 Å². The van der Waals surface area contributed by atoms with Crippen LogP contribution >= 0.6 is 15.9 Å². The Balaban J connectivity index is 2.05. The predicted octanol–water partition coefficient (Wildman–Crippen LogP) is 3.81. The monoisotopic (exact) mass is 346 g/mol. The molecule has 1 aliphatic carbocycles. The first kappa shape index (κ1) is 13.6. The van der Waals surface area contributed by atoms with E-state index in [1.807, 2.05) is 12.1 Å². The van der Waals surface area contributed by atoms with Crippen LogP contribution in [0.25, 0.3) is 11.0 Å². The number of carbonyl (C=O) groups excluding carboxylic acids is 1. The van der Waals surface area contributed by atoms with E-state index in [2.05, 4.69) is 20.9 Å². The Morgan fingerprint density at radius 3 is 2.70 bits per heavy atom. The summed E-state index contributed by atoms with van der Waals surface area (Å²) in [5.41, 5.74) is 1.39. The van der Waals surface area contributed by atoms with Gasteiger partial charge in [0.25, 0.3) is 0 Å². The number of hydrogen-bond donors (Lipinski definition) is 0. The summed E-state index contributed by atoms with van der Waals surface area (Å²) in [4.78, 5) is 15.4. The zero-order chi connectivity index (χ0) is 14.5. The summed E-state index contributed by atoms with van der Waals surface area (Å²) in [5, 5.41) is 0. The molecule has 0 bridgehead atoms. The molecule has 0 amide bonds. The van der Waals surface area contributed by atoms with E-state index in [-0.39, 0.29) is 11.9 Å². The van der Waals surface area contributed by atoms with Crippen LogP contribution in [0.3, 0.4) is 0 Å². The van der Waals surface area contributed by atoms with Crippen LogP contribution in [-0.4, -0.2) is 21.5 Å². The summed E-state index contributed by atoms with van der Waals surface area (Å²) in [6, 6.07) is 5.54. The quantitative estimate of drug-likeness (QED) is 0.846. The second-order valence-electron chi connectivity index (χ2n) is 4.86. The highest BCUT2D eigenvalue weighted by Gasteiger charge is 2.39. The average molecular weight is 347 g/mol. The number of benzene rings is 1. The second-order valence-corrected chi connectivity index (χ2v) is 5.78. The van der Waals surface area contributed by atoms with Gasteiger partial charge in [0.1, 0.15) is 5.82 Å². The highest BCUT2D eigenvalue weighted by atomic mass is 79.9. The summed E-state index contributed by atoms with van der Waals surface area (Å²) >= 11 is 3.31. The van der Waals surface area contributed by atoms with Crippen molar-refractivity contribution in [3.8, 4) is 0 Å². The summed E-state index contributed by atoms with van der Waals surface area (Å²) < 4.78 is 39.8. The van der Waals surface area contributed by atoms with Gasteiger partial charge in [-0.1, -0.05) is 15.9 Å². The Bertz CT molecular complexity index is 689. The Morgan fingerprint density at radius 1 is 1.40 bits per heavy atom. The molecule has 7 heteroatoms. The lowest BCUT2D eigenvalue weighted by atomic mass is 10.2. The summed E-state index contributed by atoms with van der Waals surface area (Å²) in [6.45, 7) is 0. The van der Waals surface area contributed by atoms with Crippen LogP contribution in [0.5, 0.6) is 0 Å². The van der Waals surface area contributed by atoms with Gasteiger partial charge in [0.05, 0.1) is 17.5 Å². The van der Waals surface area contributed by atoms with Gasteiger partial charge in [0, 0.05) is 10.5 Å². The van der Waals surface area contributed by atoms with Crippen LogP contribution in [0.15, 0.2) is 22.7 Å². The van der Waals surface area contributed by atoms with Crippen LogP contribution in [0, 0.1) is 0 Å². The Hall–Kier alpha value is -1.37. The second kappa shape index (κ2) is 4.58. The first-order valence-corrected chi connectivity index (χ1v) is 6.92. The van der Waals surface area contributed by atoms with Gasteiger partial charge in [-0.2, -0.15) is 13.2 Å². The minimum absolute atomic E-state index is 0.164. The Morgan fingerprint density at radius 2 is 2.10 bits per heavy atom. The van der Waals surface area contributed by atoms with Crippen molar-refractivity contribution in [2.75, 3.05) is 0 Å². The zero-order valence-electron chi connectivity index (χ0n) is 10.2. The molecule has 1 saturated carbocycles. The van der Waals surface area contributed by atoms with Crippen LogP contribution in [0.2, 0.25) is 0 Å². The van der Waals surface area contributed by atoms with E-state index in [9.17, 15) is 18.0 Å². The van der Waals surface area contributed by atoms with Gasteiger partial charge >= 0.3 is 6.18 Å². The third-order valence-corrected chi connectivity index (χ3v) is 3.76. The van der Waals surface area contributed by atoms with Crippen LogP contribution in [0.1, 0.15) is 24.7 Å². The maximum Gasteiger partial charge on any atom is 0.450 e. The molecule has 1 aromatic carbocycles. The molecule has 1 fully saturated rings. The lowest BCUT2D eigenvalue weighted by molar-refractivity contribution is -0.170. The number of hydrogen-bond acceptors (Lipinski definition) is 2. The van der Waals surface area contributed by atoms with E-state index in [1.54, 1.807) is 10.6 Å². The largest absolute Gasteiger partial charge is 0.450 e. The number of rotatable bonds is 3. The van der Waals surface area contributed by atoms with E-state index in [4.69, 9.17) is 0 Å². The van der Waals surface area contributed by atoms with Crippen molar-refractivity contribution in [1.29, 1.82) is 0 Å². The fraction of sp³-hybridized carbons (Fsp3) is 0.385. The maximum atomic E-state index is 12.4. The molecule has 0 radical (unpaired) electrons. The molecule has 0 atom stereocenters. The van der Waals surface area contributed by atoms with Crippen molar-refractivity contribution in [2.24, 2.45) is 0 Å². The van der Waals surface area contributed by atoms with Gasteiger partial charge in [0.15, 0.2) is 0 Å². The van der Waals surface area contributed by atoms with Crippen LogP contribution in [0.4, 0.5) is 13.2 Å². The van der Waals surface area contributed by atoms with Crippen molar-refractivity contribution in [2.45, 2.75) is 31.5 Å². The van der Waals surface area contributed by atoms with Gasteiger partial charge in [-0.05, 0) is 31.0 Å². The molecule has 1 aliphatic rings. The van der Waals surface area contributed by atoms with Gasteiger partial charge in [-0.3, -0.25) is 4.79 Å². The van der Waals surface area contributed by atoms with Crippen molar-refractivity contribution in [3.05, 3.63) is 28.5 Å². The number of alkyl halides is 3. The molecule has 1 heterocycles. The van der Waals surface area contributed by atoms with Crippen molar-refractivity contribution >= 4 is 32.7 Å². The van der Waals surface area contributed by atoms with E-state index < -0.39 is 18.4 Å². The molecular formula is C13H10BrF3N2O. The van der Waals surface area contributed by atoms with Crippen LogP contribution < -0.4 is 0 Å². The number of imidazole rings is 1. The Kier molecular flexibility index (Phi) is 3.12.